The van der Waals surface area contributed by atoms with E-state index in [1.54, 1.807) is 24.4 Å². The van der Waals surface area contributed by atoms with Crippen molar-refractivity contribution in [1.82, 2.24) is 4.98 Å². The minimum atomic E-state index is -1.08. The average Bonchev–Trinajstić information content (AvgIpc) is 2.06. The fourth-order valence-corrected chi connectivity index (χ4v) is 0.560. The summed E-state index contributed by atoms with van der Waals surface area (Å²) < 4.78 is 0. The smallest absolute Gasteiger partial charge is 0.409 e. The van der Waals surface area contributed by atoms with Gasteiger partial charge in [-0.15, -0.1) is 0 Å². The largest absolute Gasteiger partial charge is 0.465 e. The zero-order valence-corrected chi connectivity index (χ0v) is 7.06. The van der Waals surface area contributed by atoms with E-state index in [0.29, 0.717) is 5.69 Å². The van der Waals surface area contributed by atoms with Gasteiger partial charge in [0, 0.05) is 13.1 Å². The van der Waals surface area contributed by atoms with E-state index in [9.17, 15) is 4.79 Å². The van der Waals surface area contributed by atoms with Gasteiger partial charge in [-0.2, -0.15) is 5.26 Å². The minimum absolute atomic E-state index is 0.481. The van der Waals surface area contributed by atoms with Gasteiger partial charge in [-0.25, -0.2) is 4.79 Å². The van der Waals surface area contributed by atoms with Crippen molar-refractivity contribution >= 4 is 11.8 Å². The number of nitrogens with one attached hydrogen (secondary N) is 1. The van der Waals surface area contributed by atoms with Crippen molar-refractivity contribution < 1.29 is 9.90 Å². The van der Waals surface area contributed by atoms with E-state index < -0.39 is 6.09 Å². The number of rotatable bonds is 1. The topological polar surface area (TPSA) is 86.0 Å². The number of nitrogens with zero attached hydrogens (tertiary/aromatic N) is 2. The quantitative estimate of drug-likeness (QED) is 0.686. The molecule has 0 saturated carbocycles. The summed E-state index contributed by atoms with van der Waals surface area (Å²) in [4.78, 5) is 13.7. The Kier molecular flexibility index (Phi) is 5.55. The molecule has 5 heteroatoms. The molecule has 1 rings (SSSR count). The molecule has 0 bridgehead atoms. The standard InChI is InChI=1S/C6H6N2O2.C2H3N/c9-6(10)8-5-2-1-3-7-4-5;1-2-3/h1-4,8H,(H,9,10);1H3. The second-order valence-electron chi connectivity index (χ2n) is 1.90. The highest BCUT2D eigenvalue weighted by atomic mass is 16.4. The van der Waals surface area contributed by atoms with Gasteiger partial charge in [-0.3, -0.25) is 10.3 Å². The number of aromatic nitrogens is 1. The molecule has 0 fully saturated rings. The number of carboxylic acid groups (broad SMARTS) is 1. The highest BCUT2D eigenvalue weighted by molar-refractivity contribution is 5.82. The second-order valence-corrected chi connectivity index (χ2v) is 1.90. The first-order chi connectivity index (χ1) is 6.20. The third-order valence-corrected chi connectivity index (χ3v) is 0.913. The zero-order chi connectivity index (χ0) is 10.1. The van der Waals surface area contributed by atoms with Crippen molar-refractivity contribution in [3.63, 3.8) is 0 Å². The van der Waals surface area contributed by atoms with Crippen LogP contribution < -0.4 is 5.32 Å². The van der Waals surface area contributed by atoms with Crippen LogP contribution in [0, 0.1) is 11.3 Å². The lowest BCUT2D eigenvalue weighted by molar-refractivity contribution is 0.209. The van der Waals surface area contributed by atoms with Crippen LogP contribution in [-0.2, 0) is 0 Å². The van der Waals surface area contributed by atoms with Crippen LogP contribution in [0.3, 0.4) is 0 Å². The van der Waals surface area contributed by atoms with Gasteiger partial charge in [0.1, 0.15) is 0 Å². The van der Waals surface area contributed by atoms with Crippen LogP contribution in [0.2, 0.25) is 0 Å². The van der Waals surface area contributed by atoms with E-state index in [2.05, 4.69) is 10.3 Å². The summed E-state index contributed by atoms with van der Waals surface area (Å²) in [5, 5.41) is 17.7. The number of hydrogen-bond donors (Lipinski definition) is 2. The van der Waals surface area contributed by atoms with E-state index in [0.717, 1.165) is 0 Å². The molecule has 0 saturated heterocycles. The second kappa shape index (κ2) is 6.61. The van der Waals surface area contributed by atoms with Crippen LogP contribution >= 0.6 is 0 Å². The maximum Gasteiger partial charge on any atom is 0.409 e. The third-order valence-electron chi connectivity index (χ3n) is 0.913. The number of nitriles is 1. The molecule has 1 aromatic heterocycles. The van der Waals surface area contributed by atoms with Crippen molar-refractivity contribution in [2.45, 2.75) is 6.92 Å². The Balaban J connectivity index is 0.000000424. The Labute approximate surface area is 75.6 Å². The monoisotopic (exact) mass is 179 g/mol. The van der Waals surface area contributed by atoms with Crippen LogP contribution in [-0.4, -0.2) is 16.2 Å². The molecule has 0 atom stereocenters. The van der Waals surface area contributed by atoms with E-state index in [-0.39, 0.29) is 0 Å². The predicted octanol–water partition coefficient (Wildman–Crippen LogP) is 1.70. The van der Waals surface area contributed by atoms with Crippen molar-refractivity contribution in [3.8, 4) is 6.07 Å². The molecule has 0 aromatic carbocycles. The zero-order valence-electron chi connectivity index (χ0n) is 7.06. The summed E-state index contributed by atoms with van der Waals surface area (Å²) in [6.07, 6.45) is 1.94. The van der Waals surface area contributed by atoms with Gasteiger partial charge in [-0.05, 0) is 12.1 Å². The number of carbonyl (C=O) groups is 1. The SMILES string of the molecule is CC#N.O=C(O)Nc1cccnc1. The Hall–Kier alpha value is -2.09. The molecule has 0 unspecified atom stereocenters. The van der Waals surface area contributed by atoms with Crippen molar-refractivity contribution in [3.05, 3.63) is 24.5 Å². The summed E-state index contributed by atoms with van der Waals surface area (Å²) in [5.74, 6) is 0. The molecule has 0 radical (unpaired) electrons. The lowest BCUT2D eigenvalue weighted by Gasteiger charge is -1.96. The van der Waals surface area contributed by atoms with E-state index in [1.807, 2.05) is 0 Å². The Morgan fingerprint density at radius 1 is 1.77 bits per heavy atom. The fourth-order valence-electron chi connectivity index (χ4n) is 0.560. The maximum absolute atomic E-state index is 10.0. The van der Waals surface area contributed by atoms with Gasteiger partial charge in [0.2, 0.25) is 0 Å². The van der Waals surface area contributed by atoms with Gasteiger partial charge >= 0.3 is 6.09 Å². The lowest BCUT2D eigenvalue weighted by atomic mass is 10.4. The summed E-state index contributed by atoms with van der Waals surface area (Å²) in [6, 6.07) is 5.03. The molecule has 5 nitrogen and oxygen atoms in total. The molecule has 1 heterocycles. The van der Waals surface area contributed by atoms with Crippen molar-refractivity contribution in [2.24, 2.45) is 0 Å². The lowest BCUT2D eigenvalue weighted by Crippen LogP contribution is -2.06. The van der Waals surface area contributed by atoms with Crippen molar-refractivity contribution in [2.75, 3.05) is 5.32 Å². The van der Waals surface area contributed by atoms with Crippen LogP contribution in [0.15, 0.2) is 24.5 Å². The Morgan fingerprint density at radius 2 is 2.38 bits per heavy atom. The highest BCUT2D eigenvalue weighted by Gasteiger charge is 1.93. The van der Waals surface area contributed by atoms with Gasteiger partial charge in [0.25, 0.3) is 0 Å². The predicted molar refractivity (Wildman–Crippen MR) is 47.2 cm³/mol. The molecule has 1 aromatic rings. The normalized spacial score (nSPS) is 7.38. The fraction of sp³-hybridized carbons (Fsp3) is 0.125. The number of hydrogen-bond acceptors (Lipinski definition) is 3. The van der Waals surface area contributed by atoms with E-state index >= 15 is 0 Å². The first-order valence-corrected chi connectivity index (χ1v) is 3.41. The molecule has 13 heavy (non-hydrogen) atoms. The molecule has 0 aliphatic carbocycles. The molecule has 2 N–H and O–H groups in total. The summed E-state index contributed by atoms with van der Waals surface area (Å²) in [5.41, 5.74) is 0.481. The first kappa shape index (κ1) is 10.9. The van der Waals surface area contributed by atoms with Crippen molar-refractivity contribution in [1.29, 1.82) is 5.26 Å². The molecule has 0 spiro atoms. The summed E-state index contributed by atoms with van der Waals surface area (Å²) in [7, 11) is 0. The van der Waals surface area contributed by atoms with Crippen LogP contribution in [0.25, 0.3) is 0 Å². The molecule has 0 aliphatic heterocycles. The Morgan fingerprint density at radius 3 is 2.77 bits per heavy atom. The van der Waals surface area contributed by atoms with Crippen LogP contribution in [0.4, 0.5) is 10.5 Å². The van der Waals surface area contributed by atoms with E-state index in [4.69, 9.17) is 10.4 Å². The number of pyridine rings is 1. The van der Waals surface area contributed by atoms with Gasteiger partial charge in [0.05, 0.1) is 18.0 Å². The van der Waals surface area contributed by atoms with Crippen LogP contribution in [0.1, 0.15) is 6.92 Å². The minimum Gasteiger partial charge on any atom is -0.465 e. The average molecular weight is 179 g/mol. The molecule has 68 valence electrons. The van der Waals surface area contributed by atoms with Gasteiger partial charge < -0.3 is 5.11 Å². The molecule has 0 aliphatic rings. The Bertz CT molecular complexity index is 292. The van der Waals surface area contributed by atoms with Crippen LogP contribution in [0.5, 0.6) is 0 Å². The van der Waals surface area contributed by atoms with Gasteiger partial charge in [-0.1, -0.05) is 0 Å². The molecular formula is C8H9N3O2. The number of amides is 1. The molecular weight excluding hydrogens is 170 g/mol. The number of anilines is 1. The third kappa shape index (κ3) is 6.31. The highest BCUT2D eigenvalue weighted by Crippen LogP contribution is 2.00. The van der Waals surface area contributed by atoms with Gasteiger partial charge in [0.15, 0.2) is 0 Å². The maximum atomic E-state index is 10.0. The summed E-state index contributed by atoms with van der Waals surface area (Å²) >= 11 is 0. The first-order valence-electron chi connectivity index (χ1n) is 3.41. The van der Waals surface area contributed by atoms with E-state index in [1.165, 1.54) is 13.1 Å². The molecule has 1 amide bonds. The summed E-state index contributed by atoms with van der Waals surface area (Å²) in [6.45, 7) is 1.43.